The smallest absolute Gasteiger partial charge is 0.152 e. The Morgan fingerprint density at radius 2 is 2.10 bits per heavy atom. The monoisotopic (exact) mass is 304 g/mol. The van der Waals surface area contributed by atoms with E-state index in [1.807, 2.05) is 0 Å². The standard InChI is InChI=1S/C16H21ClN4/c1-4-11-7-5-6-10(2)12(11)9-20-13-8-14(17)21-16(19-3)15(13)18/h5-8H,4,9,18H2,1-3H3,(H2,19,20,21). The van der Waals surface area contributed by atoms with Crippen LogP contribution in [0.1, 0.15) is 23.6 Å². The molecule has 0 aliphatic heterocycles. The van der Waals surface area contributed by atoms with Crippen LogP contribution in [0, 0.1) is 6.92 Å². The molecule has 0 spiro atoms. The van der Waals surface area contributed by atoms with Gasteiger partial charge in [0.2, 0.25) is 0 Å². The third-order valence-electron chi connectivity index (χ3n) is 3.61. The minimum Gasteiger partial charge on any atom is -0.394 e. The number of anilines is 3. The maximum atomic E-state index is 6.09. The second-order valence-corrected chi connectivity index (χ2v) is 5.31. The molecule has 5 heteroatoms. The molecule has 112 valence electrons. The van der Waals surface area contributed by atoms with Gasteiger partial charge in [0.15, 0.2) is 5.82 Å². The van der Waals surface area contributed by atoms with Gasteiger partial charge < -0.3 is 16.4 Å². The summed E-state index contributed by atoms with van der Waals surface area (Å²) in [7, 11) is 1.77. The van der Waals surface area contributed by atoms with Crippen LogP contribution >= 0.6 is 11.6 Å². The Bertz CT molecular complexity index is 640. The summed E-state index contributed by atoms with van der Waals surface area (Å²) in [6.07, 6.45) is 1.01. The molecule has 4 nitrogen and oxygen atoms in total. The van der Waals surface area contributed by atoms with Crippen molar-refractivity contribution in [2.45, 2.75) is 26.8 Å². The Balaban J connectivity index is 2.27. The molecule has 0 bridgehead atoms. The first-order chi connectivity index (χ1) is 10.1. The Hall–Kier alpha value is -1.94. The number of nitrogen functional groups attached to an aromatic ring is 1. The van der Waals surface area contributed by atoms with E-state index in [4.69, 9.17) is 17.3 Å². The molecule has 4 N–H and O–H groups in total. The molecule has 0 aliphatic carbocycles. The topological polar surface area (TPSA) is 63.0 Å². The van der Waals surface area contributed by atoms with E-state index in [1.165, 1.54) is 16.7 Å². The molecule has 0 atom stereocenters. The van der Waals surface area contributed by atoms with Crippen LogP contribution < -0.4 is 16.4 Å². The van der Waals surface area contributed by atoms with Crippen LogP contribution in [0.2, 0.25) is 5.15 Å². The minimum absolute atomic E-state index is 0.413. The number of hydrogen-bond acceptors (Lipinski definition) is 4. The molecule has 0 amide bonds. The van der Waals surface area contributed by atoms with Crippen LogP contribution in [-0.4, -0.2) is 12.0 Å². The number of pyridine rings is 1. The van der Waals surface area contributed by atoms with Gasteiger partial charge in [0.05, 0.1) is 11.4 Å². The van der Waals surface area contributed by atoms with Crippen LogP contribution in [-0.2, 0) is 13.0 Å². The summed E-state index contributed by atoms with van der Waals surface area (Å²) in [5.41, 5.74) is 11.4. The lowest BCUT2D eigenvalue weighted by Gasteiger charge is -2.16. The lowest BCUT2D eigenvalue weighted by Crippen LogP contribution is -2.08. The Morgan fingerprint density at radius 1 is 1.33 bits per heavy atom. The lowest BCUT2D eigenvalue weighted by molar-refractivity contribution is 1.02. The van der Waals surface area contributed by atoms with Crippen molar-refractivity contribution < 1.29 is 0 Å². The molecule has 0 saturated carbocycles. The predicted molar refractivity (Wildman–Crippen MR) is 91.1 cm³/mol. The maximum Gasteiger partial charge on any atom is 0.152 e. The van der Waals surface area contributed by atoms with Gasteiger partial charge in [0.1, 0.15) is 5.15 Å². The van der Waals surface area contributed by atoms with E-state index >= 15 is 0 Å². The number of nitrogens with zero attached hydrogens (tertiary/aromatic N) is 1. The fraction of sp³-hybridized carbons (Fsp3) is 0.312. The van der Waals surface area contributed by atoms with Gasteiger partial charge in [-0.15, -0.1) is 0 Å². The van der Waals surface area contributed by atoms with Crippen LogP contribution in [0.15, 0.2) is 24.3 Å². The van der Waals surface area contributed by atoms with Crippen LogP contribution in [0.5, 0.6) is 0 Å². The van der Waals surface area contributed by atoms with E-state index in [9.17, 15) is 0 Å². The molecule has 2 aromatic rings. The summed E-state index contributed by atoms with van der Waals surface area (Å²) in [4.78, 5) is 4.15. The fourth-order valence-electron chi connectivity index (χ4n) is 2.39. The molecule has 1 heterocycles. The Labute approximate surface area is 130 Å². The number of rotatable bonds is 5. The second-order valence-electron chi connectivity index (χ2n) is 4.92. The van der Waals surface area contributed by atoms with Crippen molar-refractivity contribution in [3.63, 3.8) is 0 Å². The highest BCUT2D eigenvalue weighted by Crippen LogP contribution is 2.29. The Kier molecular flexibility index (Phi) is 4.91. The zero-order valence-electron chi connectivity index (χ0n) is 12.6. The van der Waals surface area contributed by atoms with E-state index in [1.54, 1.807) is 13.1 Å². The van der Waals surface area contributed by atoms with E-state index in [0.29, 0.717) is 23.2 Å². The average molecular weight is 305 g/mol. The number of nitrogens with two attached hydrogens (primary N) is 1. The summed E-state index contributed by atoms with van der Waals surface area (Å²) in [6, 6.07) is 8.13. The molecule has 0 unspecified atom stereocenters. The molecule has 0 aliphatic rings. The van der Waals surface area contributed by atoms with Crippen molar-refractivity contribution in [3.05, 3.63) is 46.1 Å². The first-order valence-electron chi connectivity index (χ1n) is 7.01. The van der Waals surface area contributed by atoms with Crippen LogP contribution in [0.25, 0.3) is 0 Å². The van der Waals surface area contributed by atoms with E-state index < -0.39 is 0 Å². The molecule has 21 heavy (non-hydrogen) atoms. The number of halogens is 1. The highest BCUT2D eigenvalue weighted by atomic mass is 35.5. The fourth-order valence-corrected chi connectivity index (χ4v) is 2.59. The van der Waals surface area contributed by atoms with Gasteiger partial charge >= 0.3 is 0 Å². The van der Waals surface area contributed by atoms with Crippen molar-refractivity contribution >= 4 is 28.8 Å². The van der Waals surface area contributed by atoms with Gasteiger partial charge in [0, 0.05) is 19.7 Å². The molecule has 0 fully saturated rings. The van der Waals surface area contributed by atoms with Gasteiger partial charge in [-0.25, -0.2) is 4.98 Å². The number of benzene rings is 1. The second kappa shape index (κ2) is 6.68. The first-order valence-corrected chi connectivity index (χ1v) is 7.39. The molecule has 1 aromatic carbocycles. The first kappa shape index (κ1) is 15.4. The van der Waals surface area contributed by atoms with Crippen molar-refractivity contribution in [3.8, 4) is 0 Å². The van der Waals surface area contributed by atoms with Gasteiger partial charge in [0.25, 0.3) is 0 Å². The predicted octanol–water partition coefficient (Wildman–Crippen LogP) is 3.84. The zero-order chi connectivity index (χ0) is 15.4. The molecular weight excluding hydrogens is 284 g/mol. The summed E-state index contributed by atoms with van der Waals surface area (Å²) in [6.45, 7) is 5.00. The van der Waals surface area contributed by atoms with Crippen LogP contribution in [0.4, 0.5) is 17.2 Å². The summed E-state index contributed by atoms with van der Waals surface area (Å²) >= 11 is 6.03. The number of nitrogens with one attached hydrogen (secondary N) is 2. The summed E-state index contributed by atoms with van der Waals surface area (Å²) < 4.78 is 0. The highest BCUT2D eigenvalue weighted by molar-refractivity contribution is 6.30. The van der Waals surface area contributed by atoms with Crippen molar-refractivity contribution in [2.24, 2.45) is 0 Å². The third kappa shape index (κ3) is 3.39. The quantitative estimate of drug-likeness (QED) is 0.734. The number of hydrogen-bond donors (Lipinski definition) is 3. The lowest BCUT2D eigenvalue weighted by atomic mass is 10.00. The van der Waals surface area contributed by atoms with Gasteiger partial charge in [-0.1, -0.05) is 36.7 Å². The highest BCUT2D eigenvalue weighted by Gasteiger charge is 2.09. The third-order valence-corrected chi connectivity index (χ3v) is 3.80. The van der Waals surface area contributed by atoms with Gasteiger partial charge in [-0.05, 0) is 30.0 Å². The Morgan fingerprint density at radius 3 is 2.76 bits per heavy atom. The van der Waals surface area contributed by atoms with Crippen molar-refractivity contribution in [1.29, 1.82) is 0 Å². The SMILES string of the molecule is CCc1cccc(C)c1CNc1cc(Cl)nc(NC)c1N. The van der Waals surface area contributed by atoms with E-state index in [2.05, 4.69) is 47.7 Å². The zero-order valence-corrected chi connectivity index (χ0v) is 13.4. The molecule has 0 radical (unpaired) electrons. The van der Waals surface area contributed by atoms with E-state index in [0.717, 1.165) is 12.1 Å². The molecular formula is C16H21ClN4. The molecule has 0 saturated heterocycles. The number of aryl methyl sites for hydroxylation is 2. The maximum absolute atomic E-state index is 6.09. The van der Waals surface area contributed by atoms with Crippen molar-refractivity contribution in [1.82, 2.24) is 4.98 Å². The molecule has 2 rings (SSSR count). The minimum atomic E-state index is 0.413. The van der Waals surface area contributed by atoms with Gasteiger partial charge in [-0.2, -0.15) is 0 Å². The largest absolute Gasteiger partial charge is 0.394 e. The van der Waals surface area contributed by atoms with E-state index in [-0.39, 0.29) is 0 Å². The summed E-state index contributed by atoms with van der Waals surface area (Å²) in [5.74, 6) is 0.588. The normalized spacial score (nSPS) is 10.5. The van der Waals surface area contributed by atoms with Crippen molar-refractivity contribution in [2.75, 3.05) is 23.4 Å². The average Bonchev–Trinajstić information content (AvgIpc) is 2.48. The summed E-state index contributed by atoms with van der Waals surface area (Å²) in [5, 5.41) is 6.73. The van der Waals surface area contributed by atoms with Gasteiger partial charge in [-0.3, -0.25) is 0 Å². The number of aromatic nitrogens is 1. The molecule has 1 aromatic heterocycles. The van der Waals surface area contributed by atoms with Crippen LogP contribution in [0.3, 0.4) is 0 Å².